The van der Waals surface area contributed by atoms with Gasteiger partial charge >= 0.3 is 6.18 Å². The monoisotopic (exact) mass is 300 g/mol. The van der Waals surface area contributed by atoms with E-state index in [4.69, 9.17) is 11.6 Å². The van der Waals surface area contributed by atoms with Gasteiger partial charge in [-0.1, -0.05) is 12.1 Å². The summed E-state index contributed by atoms with van der Waals surface area (Å²) in [6.07, 6.45) is -2.06. The molecule has 1 aromatic heterocycles. The van der Waals surface area contributed by atoms with Gasteiger partial charge in [0.25, 0.3) is 0 Å². The number of hydrogen-bond donors (Lipinski definition) is 3. The van der Waals surface area contributed by atoms with Crippen LogP contribution in [-0.4, -0.2) is 4.98 Å². The van der Waals surface area contributed by atoms with Crippen molar-refractivity contribution in [1.82, 2.24) is 10.4 Å². The lowest BCUT2D eigenvalue weighted by Crippen LogP contribution is -2.30. The molecule has 0 saturated heterocycles. The van der Waals surface area contributed by atoms with Gasteiger partial charge in [-0.3, -0.25) is 10.8 Å². The first kappa shape index (κ1) is 15.2. The topological polar surface area (TPSA) is 77.0 Å². The van der Waals surface area contributed by atoms with Crippen LogP contribution in [0.1, 0.15) is 22.7 Å². The Balaban J connectivity index is 2.57. The number of nitrogens with two attached hydrogens (primary N) is 2. The molecule has 0 spiro atoms. The fourth-order valence-electron chi connectivity index (χ4n) is 2.00. The molecule has 2 aromatic rings. The van der Waals surface area contributed by atoms with E-state index in [2.05, 4.69) is 10.4 Å². The fraction of sp³-hybridized carbons (Fsp3) is 0.154. The standard InChI is InChI=1S/C13H12F4N4/c14-11-7(2-1-3-9(11)13(15,16)17)12(21-19)8-6-20-5-4-10(8)18/h1-6,12,21H,19H2,(H2,18,20). The zero-order valence-electron chi connectivity index (χ0n) is 10.7. The number of hydrazine groups is 1. The lowest BCUT2D eigenvalue weighted by Gasteiger charge is -2.20. The van der Waals surface area contributed by atoms with Crippen molar-refractivity contribution >= 4 is 5.69 Å². The van der Waals surface area contributed by atoms with Crippen molar-refractivity contribution in [3.05, 3.63) is 59.2 Å². The summed E-state index contributed by atoms with van der Waals surface area (Å²) >= 11 is 0. The first-order valence-electron chi connectivity index (χ1n) is 5.87. The maximum absolute atomic E-state index is 14.1. The summed E-state index contributed by atoms with van der Waals surface area (Å²) < 4.78 is 52.4. The second kappa shape index (κ2) is 5.66. The third-order valence-electron chi connectivity index (χ3n) is 3.01. The fourth-order valence-corrected chi connectivity index (χ4v) is 2.00. The molecular weight excluding hydrogens is 288 g/mol. The van der Waals surface area contributed by atoms with Crippen LogP contribution < -0.4 is 17.0 Å². The van der Waals surface area contributed by atoms with Gasteiger partial charge in [-0.25, -0.2) is 9.82 Å². The number of nitrogen functional groups attached to an aromatic ring is 1. The highest BCUT2D eigenvalue weighted by Gasteiger charge is 2.36. The molecule has 2 rings (SSSR count). The minimum absolute atomic E-state index is 0.241. The third-order valence-corrected chi connectivity index (χ3v) is 3.01. The van der Waals surface area contributed by atoms with E-state index in [1.807, 2.05) is 0 Å². The molecule has 0 aliphatic rings. The number of anilines is 1. The van der Waals surface area contributed by atoms with Crippen molar-refractivity contribution in [3.63, 3.8) is 0 Å². The number of hydrogen-bond acceptors (Lipinski definition) is 4. The minimum Gasteiger partial charge on any atom is -0.398 e. The number of halogens is 4. The van der Waals surface area contributed by atoms with Crippen molar-refractivity contribution in [2.45, 2.75) is 12.2 Å². The van der Waals surface area contributed by atoms with E-state index in [-0.39, 0.29) is 11.3 Å². The van der Waals surface area contributed by atoms with E-state index >= 15 is 0 Å². The number of alkyl halides is 3. The van der Waals surface area contributed by atoms with Crippen molar-refractivity contribution in [2.24, 2.45) is 5.84 Å². The summed E-state index contributed by atoms with van der Waals surface area (Å²) in [5.41, 5.74) is 6.91. The summed E-state index contributed by atoms with van der Waals surface area (Å²) in [4.78, 5) is 3.82. The van der Waals surface area contributed by atoms with Crippen LogP contribution in [0.2, 0.25) is 0 Å². The largest absolute Gasteiger partial charge is 0.419 e. The van der Waals surface area contributed by atoms with E-state index < -0.39 is 23.6 Å². The number of nitrogens with zero attached hydrogens (tertiary/aromatic N) is 1. The highest BCUT2D eigenvalue weighted by molar-refractivity contribution is 5.50. The molecule has 0 aliphatic carbocycles. The predicted octanol–water partition coefficient (Wildman–Crippen LogP) is 2.37. The predicted molar refractivity (Wildman–Crippen MR) is 69.2 cm³/mol. The van der Waals surface area contributed by atoms with Crippen molar-refractivity contribution in [3.8, 4) is 0 Å². The van der Waals surface area contributed by atoms with Crippen LogP contribution in [-0.2, 0) is 6.18 Å². The molecule has 0 saturated carbocycles. The van der Waals surface area contributed by atoms with Crippen LogP contribution in [0, 0.1) is 5.82 Å². The molecule has 5 N–H and O–H groups in total. The molecule has 112 valence electrons. The van der Waals surface area contributed by atoms with Gasteiger partial charge in [0.15, 0.2) is 0 Å². The Kier molecular flexibility index (Phi) is 4.10. The molecule has 1 heterocycles. The Hall–Kier alpha value is -2.19. The molecule has 1 aromatic carbocycles. The summed E-state index contributed by atoms with van der Waals surface area (Å²) in [5.74, 6) is 3.96. The Morgan fingerprint density at radius 1 is 1.14 bits per heavy atom. The van der Waals surface area contributed by atoms with Gasteiger partial charge in [-0.2, -0.15) is 13.2 Å². The number of rotatable bonds is 3. The van der Waals surface area contributed by atoms with E-state index in [0.29, 0.717) is 11.6 Å². The van der Waals surface area contributed by atoms with Crippen LogP contribution >= 0.6 is 0 Å². The molecule has 0 aliphatic heterocycles. The normalized spacial score (nSPS) is 13.2. The summed E-state index contributed by atoms with van der Waals surface area (Å²) in [7, 11) is 0. The van der Waals surface area contributed by atoms with E-state index in [0.717, 1.165) is 6.07 Å². The number of aromatic nitrogens is 1. The highest BCUT2D eigenvalue weighted by atomic mass is 19.4. The summed E-state index contributed by atoms with van der Waals surface area (Å²) in [5, 5.41) is 0. The molecule has 0 bridgehead atoms. The van der Waals surface area contributed by atoms with E-state index in [1.54, 1.807) is 0 Å². The quantitative estimate of drug-likeness (QED) is 0.462. The van der Waals surface area contributed by atoms with Gasteiger partial charge in [0, 0.05) is 29.2 Å². The molecule has 0 fully saturated rings. The number of pyridine rings is 1. The number of benzene rings is 1. The zero-order valence-corrected chi connectivity index (χ0v) is 10.7. The van der Waals surface area contributed by atoms with Crippen LogP contribution in [0.25, 0.3) is 0 Å². The van der Waals surface area contributed by atoms with Gasteiger partial charge in [0.1, 0.15) is 5.82 Å². The van der Waals surface area contributed by atoms with Crippen LogP contribution in [0.5, 0.6) is 0 Å². The lowest BCUT2D eigenvalue weighted by atomic mass is 9.97. The smallest absolute Gasteiger partial charge is 0.398 e. The molecule has 1 atom stereocenters. The van der Waals surface area contributed by atoms with Gasteiger partial charge in [0.2, 0.25) is 0 Å². The Bertz CT molecular complexity index is 642. The van der Waals surface area contributed by atoms with Crippen LogP contribution in [0.15, 0.2) is 36.7 Å². The molecule has 21 heavy (non-hydrogen) atoms. The zero-order chi connectivity index (χ0) is 15.6. The molecule has 0 amide bonds. The first-order valence-corrected chi connectivity index (χ1v) is 5.87. The molecule has 4 nitrogen and oxygen atoms in total. The molecule has 8 heteroatoms. The maximum atomic E-state index is 14.1. The maximum Gasteiger partial charge on any atom is 0.419 e. The minimum atomic E-state index is -4.79. The van der Waals surface area contributed by atoms with Crippen molar-refractivity contribution < 1.29 is 17.6 Å². The lowest BCUT2D eigenvalue weighted by molar-refractivity contribution is -0.140. The SMILES string of the molecule is NNC(c1cnccc1N)c1cccc(C(F)(F)F)c1F. The van der Waals surface area contributed by atoms with Gasteiger partial charge < -0.3 is 5.73 Å². The molecule has 0 radical (unpaired) electrons. The number of nitrogens with one attached hydrogen (secondary N) is 1. The average molecular weight is 300 g/mol. The highest BCUT2D eigenvalue weighted by Crippen LogP contribution is 2.35. The second-order valence-electron chi connectivity index (χ2n) is 4.31. The Labute approximate surface area is 117 Å². The van der Waals surface area contributed by atoms with Crippen molar-refractivity contribution in [1.29, 1.82) is 0 Å². The van der Waals surface area contributed by atoms with Gasteiger partial charge in [-0.15, -0.1) is 0 Å². The summed E-state index contributed by atoms with van der Waals surface area (Å²) in [6.45, 7) is 0. The third kappa shape index (κ3) is 2.96. The Morgan fingerprint density at radius 3 is 2.43 bits per heavy atom. The first-order chi connectivity index (χ1) is 9.86. The average Bonchev–Trinajstić information content (AvgIpc) is 2.42. The summed E-state index contributed by atoms with van der Waals surface area (Å²) in [6, 6.07) is 3.39. The van der Waals surface area contributed by atoms with Gasteiger partial charge in [0.05, 0.1) is 11.6 Å². The molecule has 1 unspecified atom stereocenters. The Morgan fingerprint density at radius 2 is 1.86 bits per heavy atom. The second-order valence-corrected chi connectivity index (χ2v) is 4.31. The van der Waals surface area contributed by atoms with Crippen LogP contribution in [0.3, 0.4) is 0 Å². The van der Waals surface area contributed by atoms with E-state index in [1.165, 1.54) is 24.5 Å². The molecular formula is C13H12F4N4. The van der Waals surface area contributed by atoms with Crippen molar-refractivity contribution in [2.75, 3.05) is 5.73 Å². The van der Waals surface area contributed by atoms with Crippen LogP contribution in [0.4, 0.5) is 23.2 Å². The van der Waals surface area contributed by atoms with Gasteiger partial charge in [-0.05, 0) is 12.1 Å². The van der Waals surface area contributed by atoms with E-state index in [9.17, 15) is 17.6 Å².